The third-order valence-electron chi connectivity index (χ3n) is 9.35. The summed E-state index contributed by atoms with van der Waals surface area (Å²) in [5.74, 6) is -0.193. The van der Waals surface area contributed by atoms with E-state index in [1.807, 2.05) is 6.08 Å². The first-order valence-electron chi connectivity index (χ1n) is 20.5. The van der Waals surface area contributed by atoms with Crippen LogP contribution in [-0.4, -0.2) is 87.5 Å². The van der Waals surface area contributed by atoms with Crippen LogP contribution in [0.3, 0.4) is 0 Å². The van der Waals surface area contributed by atoms with Gasteiger partial charge in [0.05, 0.1) is 25.4 Å². The molecule has 0 spiro atoms. The molecule has 0 bridgehead atoms. The van der Waals surface area contributed by atoms with Crippen molar-refractivity contribution in [1.29, 1.82) is 0 Å². The average Bonchev–Trinajstić information content (AvgIpc) is 3.14. The van der Waals surface area contributed by atoms with Gasteiger partial charge in [-0.05, 0) is 51.4 Å². The van der Waals surface area contributed by atoms with Crippen molar-refractivity contribution in [2.45, 2.75) is 192 Å². The normalized spacial score (nSPS) is 22.5. The predicted molar refractivity (Wildman–Crippen MR) is 212 cm³/mol. The maximum absolute atomic E-state index is 12.8. The number of carbonyl (C=O) groups is 1. The monoisotopic (exact) mass is 734 g/mol. The van der Waals surface area contributed by atoms with Crippen molar-refractivity contribution in [3.8, 4) is 0 Å². The van der Waals surface area contributed by atoms with Gasteiger partial charge in [-0.15, -0.1) is 0 Å². The zero-order valence-electron chi connectivity index (χ0n) is 32.5. The van der Waals surface area contributed by atoms with E-state index in [0.29, 0.717) is 6.42 Å². The molecule has 52 heavy (non-hydrogen) atoms. The predicted octanol–water partition coefficient (Wildman–Crippen LogP) is 7.66. The van der Waals surface area contributed by atoms with Gasteiger partial charge >= 0.3 is 0 Å². The van der Waals surface area contributed by atoms with Crippen molar-refractivity contribution in [2.24, 2.45) is 0 Å². The van der Waals surface area contributed by atoms with Gasteiger partial charge in [0.15, 0.2) is 6.29 Å². The highest BCUT2D eigenvalue weighted by atomic mass is 16.7. The zero-order chi connectivity index (χ0) is 38.1. The SMILES string of the molecule is CC/C=C\C/C=C\C/C=C\C/C=C\CCCCCCCCCCCCCCC(=O)NC(COC1OC(CO)C(O)C(O)C1O)C(O)/C=C/CCCC. The molecule has 9 heteroatoms. The Morgan fingerprint density at radius 1 is 0.673 bits per heavy atom. The molecule has 0 aromatic rings. The van der Waals surface area contributed by atoms with Gasteiger partial charge in [-0.1, -0.05) is 152 Å². The number of hydrogen-bond donors (Lipinski definition) is 6. The van der Waals surface area contributed by atoms with Crippen molar-refractivity contribution in [2.75, 3.05) is 13.2 Å². The third-order valence-corrected chi connectivity index (χ3v) is 9.35. The molecule has 1 saturated heterocycles. The van der Waals surface area contributed by atoms with Crippen molar-refractivity contribution >= 4 is 5.91 Å². The van der Waals surface area contributed by atoms with Crippen LogP contribution in [0.4, 0.5) is 0 Å². The summed E-state index contributed by atoms with van der Waals surface area (Å²) in [6.45, 7) is 3.48. The number of ether oxygens (including phenoxy) is 2. The maximum Gasteiger partial charge on any atom is 0.220 e. The van der Waals surface area contributed by atoms with Gasteiger partial charge in [0.1, 0.15) is 24.4 Å². The van der Waals surface area contributed by atoms with Gasteiger partial charge in [-0.3, -0.25) is 4.79 Å². The van der Waals surface area contributed by atoms with Gasteiger partial charge in [-0.25, -0.2) is 0 Å². The second kappa shape index (κ2) is 33.5. The lowest BCUT2D eigenvalue weighted by Crippen LogP contribution is -2.60. The van der Waals surface area contributed by atoms with Gasteiger partial charge in [0.2, 0.25) is 5.91 Å². The van der Waals surface area contributed by atoms with Crippen LogP contribution in [0.25, 0.3) is 0 Å². The quantitative estimate of drug-likeness (QED) is 0.0305. The van der Waals surface area contributed by atoms with Crippen molar-refractivity contribution in [3.05, 3.63) is 60.8 Å². The Hall–Kier alpha value is -2.11. The fraction of sp³-hybridized carbons (Fsp3) is 0.744. The van der Waals surface area contributed by atoms with E-state index in [1.165, 1.54) is 64.2 Å². The molecule has 0 radical (unpaired) electrons. The molecule has 1 fully saturated rings. The summed E-state index contributed by atoms with van der Waals surface area (Å²) in [4.78, 5) is 12.8. The summed E-state index contributed by atoms with van der Waals surface area (Å²) >= 11 is 0. The average molecular weight is 734 g/mol. The lowest BCUT2D eigenvalue weighted by molar-refractivity contribution is -0.302. The topological polar surface area (TPSA) is 149 Å². The van der Waals surface area contributed by atoms with Gasteiger partial charge < -0.3 is 40.3 Å². The Morgan fingerprint density at radius 2 is 1.19 bits per heavy atom. The highest BCUT2D eigenvalue weighted by Crippen LogP contribution is 2.22. The molecular weight excluding hydrogens is 658 g/mol. The van der Waals surface area contributed by atoms with E-state index in [1.54, 1.807) is 6.08 Å². The maximum atomic E-state index is 12.8. The van der Waals surface area contributed by atoms with E-state index in [0.717, 1.165) is 64.2 Å². The van der Waals surface area contributed by atoms with Crippen LogP contribution in [0.15, 0.2) is 60.8 Å². The molecule has 1 aliphatic rings. The van der Waals surface area contributed by atoms with Crippen LogP contribution in [0, 0.1) is 0 Å². The second-order valence-corrected chi connectivity index (χ2v) is 14.0. The largest absolute Gasteiger partial charge is 0.394 e. The summed E-state index contributed by atoms with van der Waals surface area (Å²) in [6.07, 6.45) is 36.2. The number of hydrogen-bond acceptors (Lipinski definition) is 8. The number of amides is 1. The number of allylic oxidation sites excluding steroid dienone is 9. The summed E-state index contributed by atoms with van der Waals surface area (Å²) in [6, 6.07) is -0.803. The molecular formula is C43H75NO8. The zero-order valence-corrected chi connectivity index (χ0v) is 32.5. The minimum atomic E-state index is -1.56. The minimum absolute atomic E-state index is 0.193. The van der Waals surface area contributed by atoms with E-state index in [4.69, 9.17) is 9.47 Å². The highest BCUT2D eigenvalue weighted by Gasteiger charge is 2.44. The lowest BCUT2D eigenvalue weighted by Gasteiger charge is -2.40. The van der Waals surface area contributed by atoms with Crippen LogP contribution in [0.1, 0.15) is 149 Å². The van der Waals surface area contributed by atoms with Gasteiger partial charge in [0.25, 0.3) is 0 Å². The highest BCUT2D eigenvalue weighted by molar-refractivity contribution is 5.76. The van der Waals surface area contributed by atoms with Gasteiger partial charge in [0, 0.05) is 6.42 Å². The molecule has 1 heterocycles. The van der Waals surface area contributed by atoms with E-state index in [9.17, 15) is 30.3 Å². The first-order chi connectivity index (χ1) is 25.3. The van der Waals surface area contributed by atoms with E-state index < -0.39 is 49.5 Å². The molecule has 9 nitrogen and oxygen atoms in total. The summed E-state index contributed by atoms with van der Waals surface area (Å²) in [5.41, 5.74) is 0. The molecule has 1 amide bonds. The van der Waals surface area contributed by atoms with Crippen LogP contribution >= 0.6 is 0 Å². The van der Waals surface area contributed by atoms with E-state index in [2.05, 4.69) is 67.8 Å². The van der Waals surface area contributed by atoms with Crippen LogP contribution in [-0.2, 0) is 14.3 Å². The summed E-state index contributed by atoms with van der Waals surface area (Å²) in [7, 11) is 0. The van der Waals surface area contributed by atoms with Crippen LogP contribution in [0.5, 0.6) is 0 Å². The molecule has 7 atom stereocenters. The van der Waals surface area contributed by atoms with E-state index in [-0.39, 0.29) is 12.5 Å². The number of aliphatic hydroxyl groups excluding tert-OH is 5. The molecule has 0 saturated carbocycles. The summed E-state index contributed by atoms with van der Waals surface area (Å²) < 4.78 is 11.1. The second-order valence-electron chi connectivity index (χ2n) is 14.0. The smallest absolute Gasteiger partial charge is 0.220 e. The first kappa shape index (κ1) is 47.9. The molecule has 0 aliphatic carbocycles. The van der Waals surface area contributed by atoms with Crippen molar-refractivity contribution in [1.82, 2.24) is 5.32 Å². The van der Waals surface area contributed by atoms with Gasteiger partial charge in [-0.2, -0.15) is 0 Å². The Morgan fingerprint density at radius 3 is 1.75 bits per heavy atom. The molecule has 0 aromatic heterocycles. The summed E-state index contributed by atoms with van der Waals surface area (Å²) in [5, 5.41) is 53.5. The van der Waals surface area contributed by atoms with Crippen molar-refractivity contribution < 1.29 is 39.8 Å². The standard InChI is InChI=1S/C43H75NO8/c1-3-5-7-9-10-11-12-13-14-15-16-17-18-19-20-21-22-23-24-25-26-27-28-29-31-33-39(47)44-36(37(46)32-30-8-6-4-2)35-51-43-42(50)41(49)40(48)38(34-45)52-43/h5,7,10-11,13-14,16-17,30,32,36-38,40-43,45-46,48-50H,3-4,6,8-9,12,15,18-29,31,33-35H2,1-2H3,(H,44,47)/b7-5-,11-10-,14-13-,17-16-,32-30+. The fourth-order valence-corrected chi connectivity index (χ4v) is 6.01. The number of carbonyl (C=O) groups excluding carboxylic acids is 1. The third kappa shape index (κ3) is 24.3. The molecule has 6 N–H and O–H groups in total. The van der Waals surface area contributed by atoms with Crippen LogP contribution < -0.4 is 5.32 Å². The number of aliphatic hydroxyl groups is 5. The number of nitrogens with one attached hydrogen (secondary N) is 1. The van der Waals surface area contributed by atoms with Crippen molar-refractivity contribution in [3.63, 3.8) is 0 Å². The molecule has 1 rings (SSSR count). The Balaban J connectivity index is 2.14. The Labute approximate surface area is 316 Å². The van der Waals surface area contributed by atoms with E-state index >= 15 is 0 Å². The van der Waals surface area contributed by atoms with Crippen LogP contribution in [0.2, 0.25) is 0 Å². The lowest BCUT2D eigenvalue weighted by atomic mass is 9.99. The Bertz CT molecular complexity index is 994. The molecule has 1 aliphatic heterocycles. The molecule has 7 unspecified atom stereocenters. The number of rotatable bonds is 32. The minimum Gasteiger partial charge on any atom is -0.394 e. The molecule has 300 valence electrons. The Kier molecular flexibility index (Phi) is 30.8. The number of unbranched alkanes of at least 4 members (excludes halogenated alkanes) is 14. The fourth-order valence-electron chi connectivity index (χ4n) is 6.01. The molecule has 0 aromatic carbocycles. The first-order valence-corrected chi connectivity index (χ1v) is 20.5.